The first kappa shape index (κ1) is 21.6. The summed E-state index contributed by atoms with van der Waals surface area (Å²) in [6.45, 7) is 5.32. The van der Waals surface area contributed by atoms with Crippen LogP contribution in [-0.4, -0.2) is 30.0 Å². The third kappa shape index (κ3) is 4.23. The molecule has 1 aliphatic heterocycles. The lowest BCUT2D eigenvalue weighted by Crippen LogP contribution is -2.54. The van der Waals surface area contributed by atoms with Gasteiger partial charge in [0.1, 0.15) is 11.3 Å². The fourth-order valence-electron chi connectivity index (χ4n) is 2.98. The van der Waals surface area contributed by atoms with E-state index in [-0.39, 0.29) is 22.1 Å². The van der Waals surface area contributed by atoms with Crippen LogP contribution in [0.1, 0.15) is 25.2 Å². The van der Waals surface area contributed by atoms with Crippen LogP contribution in [0.4, 0.5) is 24.7 Å². The van der Waals surface area contributed by atoms with Crippen molar-refractivity contribution < 1.29 is 27.2 Å². The molecule has 0 unspecified atom stereocenters. The van der Waals surface area contributed by atoms with Crippen molar-refractivity contribution in [3.05, 3.63) is 53.3 Å². The normalized spacial score (nSPS) is 16.2. The number of hydrogen-bond donors (Lipinski definition) is 1. The van der Waals surface area contributed by atoms with E-state index in [0.29, 0.717) is 19.0 Å². The molecule has 10 heteroatoms. The highest BCUT2D eigenvalue weighted by Gasteiger charge is 2.36. The Balaban J connectivity index is 1.96. The van der Waals surface area contributed by atoms with Crippen LogP contribution in [0, 0.1) is 0 Å². The quantitative estimate of drug-likeness (QED) is 0.436. The number of nitrogens with one attached hydrogen (secondary N) is 1. The lowest BCUT2D eigenvalue weighted by Gasteiger charge is -2.29. The summed E-state index contributed by atoms with van der Waals surface area (Å²) in [6, 6.07) is 7.46. The van der Waals surface area contributed by atoms with Gasteiger partial charge in [0.2, 0.25) is 0 Å². The zero-order valence-corrected chi connectivity index (χ0v) is 16.9. The number of carbonyl (C=O) groups is 2. The SMILES string of the molecule is CCN(CC)c1ccc(/C=C2\C(=O)NC(=S)N(c3cccc(C(F)(F)F)c3)C2=O)o1. The molecule has 1 N–H and O–H groups in total. The van der Waals surface area contributed by atoms with Gasteiger partial charge in [0, 0.05) is 19.2 Å². The largest absolute Gasteiger partial charge is 0.441 e. The van der Waals surface area contributed by atoms with Gasteiger partial charge in [-0.05, 0) is 56.4 Å². The summed E-state index contributed by atoms with van der Waals surface area (Å²) >= 11 is 5.02. The van der Waals surface area contributed by atoms with Crippen LogP contribution >= 0.6 is 12.2 Å². The number of anilines is 2. The third-order valence-electron chi connectivity index (χ3n) is 4.51. The molecule has 1 aromatic carbocycles. The standard InChI is InChI=1S/C20H18F3N3O3S/c1-3-25(4-2)16-9-8-14(29-16)11-15-17(27)24-19(30)26(18(15)28)13-7-5-6-12(10-13)20(21,22)23/h5-11H,3-4H2,1-2H3,(H,24,27,30)/b15-11+. The maximum atomic E-state index is 13.0. The van der Waals surface area contributed by atoms with Crippen LogP contribution in [0.25, 0.3) is 6.08 Å². The summed E-state index contributed by atoms with van der Waals surface area (Å²) < 4.78 is 44.8. The summed E-state index contributed by atoms with van der Waals surface area (Å²) in [5, 5.41) is 2.03. The van der Waals surface area contributed by atoms with Gasteiger partial charge in [-0.25, -0.2) is 0 Å². The number of thiocarbonyl (C=S) groups is 1. The Kier molecular flexibility index (Phi) is 5.97. The lowest BCUT2D eigenvalue weighted by molar-refractivity contribution is -0.137. The Bertz CT molecular complexity index is 1030. The molecule has 1 saturated heterocycles. The van der Waals surface area contributed by atoms with Crippen molar-refractivity contribution in [3.8, 4) is 0 Å². The molecule has 2 amide bonds. The minimum absolute atomic E-state index is 0.103. The van der Waals surface area contributed by atoms with E-state index in [0.717, 1.165) is 23.1 Å². The predicted molar refractivity (Wildman–Crippen MR) is 110 cm³/mol. The number of rotatable bonds is 5. The first-order valence-electron chi connectivity index (χ1n) is 9.09. The van der Waals surface area contributed by atoms with E-state index in [4.69, 9.17) is 16.6 Å². The number of carbonyl (C=O) groups excluding carboxylic acids is 2. The number of furan rings is 1. The molecule has 0 aliphatic carbocycles. The molecule has 0 atom stereocenters. The Morgan fingerprint density at radius 3 is 2.50 bits per heavy atom. The fourth-order valence-corrected chi connectivity index (χ4v) is 3.26. The van der Waals surface area contributed by atoms with E-state index in [1.807, 2.05) is 18.7 Å². The second kappa shape index (κ2) is 8.31. The average molecular weight is 437 g/mol. The maximum absolute atomic E-state index is 13.0. The van der Waals surface area contributed by atoms with Crippen LogP contribution in [-0.2, 0) is 15.8 Å². The highest BCUT2D eigenvalue weighted by Crippen LogP contribution is 2.32. The van der Waals surface area contributed by atoms with E-state index in [1.165, 1.54) is 12.1 Å². The Morgan fingerprint density at radius 1 is 1.17 bits per heavy atom. The molecule has 0 spiro atoms. The van der Waals surface area contributed by atoms with E-state index in [2.05, 4.69) is 5.32 Å². The topological polar surface area (TPSA) is 65.8 Å². The third-order valence-corrected chi connectivity index (χ3v) is 4.79. The lowest BCUT2D eigenvalue weighted by atomic mass is 10.1. The van der Waals surface area contributed by atoms with Gasteiger partial charge in [-0.3, -0.25) is 19.8 Å². The van der Waals surface area contributed by atoms with Gasteiger partial charge in [0.05, 0.1) is 11.3 Å². The van der Waals surface area contributed by atoms with Gasteiger partial charge in [-0.1, -0.05) is 6.07 Å². The second-order valence-corrected chi connectivity index (χ2v) is 6.74. The van der Waals surface area contributed by atoms with Crippen molar-refractivity contribution in [1.82, 2.24) is 5.32 Å². The number of amides is 2. The van der Waals surface area contributed by atoms with Crippen molar-refractivity contribution in [2.45, 2.75) is 20.0 Å². The second-order valence-electron chi connectivity index (χ2n) is 6.35. The zero-order chi connectivity index (χ0) is 22.1. The van der Waals surface area contributed by atoms with Gasteiger partial charge < -0.3 is 9.32 Å². The summed E-state index contributed by atoms with van der Waals surface area (Å²) in [5.74, 6) is -0.772. The van der Waals surface area contributed by atoms with Crippen molar-refractivity contribution in [3.63, 3.8) is 0 Å². The number of halogens is 3. The molecular formula is C20H18F3N3O3S. The smallest absolute Gasteiger partial charge is 0.416 e. The first-order chi connectivity index (χ1) is 14.2. The summed E-state index contributed by atoms with van der Waals surface area (Å²) in [6.07, 6.45) is -3.35. The molecule has 0 saturated carbocycles. The van der Waals surface area contributed by atoms with Gasteiger partial charge in [-0.15, -0.1) is 0 Å². The van der Waals surface area contributed by atoms with Gasteiger partial charge in [0.25, 0.3) is 11.8 Å². The molecule has 0 bridgehead atoms. The van der Waals surface area contributed by atoms with Crippen LogP contribution in [0.2, 0.25) is 0 Å². The first-order valence-corrected chi connectivity index (χ1v) is 9.50. The number of nitrogens with zero attached hydrogens (tertiary/aromatic N) is 2. The minimum Gasteiger partial charge on any atom is -0.441 e. The highest BCUT2D eigenvalue weighted by atomic mass is 32.1. The van der Waals surface area contributed by atoms with Crippen LogP contribution in [0.3, 0.4) is 0 Å². The van der Waals surface area contributed by atoms with Crippen LogP contribution in [0.15, 0.2) is 46.4 Å². The number of benzene rings is 1. The fraction of sp³-hybridized carbons (Fsp3) is 0.250. The van der Waals surface area contributed by atoms with Gasteiger partial charge >= 0.3 is 6.18 Å². The maximum Gasteiger partial charge on any atom is 0.416 e. The summed E-state index contributed by atoms with van der Waals surface area (Å²) in [5.41, 5.74) is -1.34. The van der Waals surface area contributed by atoms with Crippen molar-refractivity contribution in [1.29, 1.82) is 0 Å². The monoisotopic (exact) mass is 437 g/mol. The molecule has 2 heterocycles. The average Bonchev–Trinajstić information content (AvgIpc) is 3.14. The minimum atomic E-state index is -4.59. The number of hydrogen-bond acceptors (Lipinski definition) is 5. The highest BCUT2D eigenvalue weighted by molar-refractivity contribution is 7.80. The Labute approximate surface area is 175 Å². The number of alkyl halides is 3. The van der Waals surface area contributed by atoms with Crippen molar-refractivity contribution in [2.75, 3.05) is 22.9 Å². The predicted octanol–water partition coefficient (Wildman–Crippen LogP) is 3.98. The Morgan fingerprint density at radius 2 is 1.87 bits per heavy atom. The Hall–Kier alpha value is -3.14. The van der Waals surface area contributed by atoms with Crippen molar-refractivity contribution >= 4 is 46.8 Å². The summed E-state index contributed by atoms with van der Waals surface area (Å²) in [4.78, 5) is 28.1. The van der Waals surface area contributed by atoms with Crippen LogP contribution in [0.5, 0.6) is 0 Å². The van der Waals surface area contributed by atoms with Crippen LogP contribution < -0.4 is 15.1 Å². The molecular weight excluding hydrogens is 419 g/mol. The van der Waals surface area contributed by atoms with E-state index < -0.39 is 23.6 Å². The molecule has 0 radical (unpaired) electrons. The van der Waals surface area contributed by atoms with E-state index in [1.54, 1.807) is 12.1 Å². The molecule has 158 valence electrons. The van der Waals surface area contributed by atoms with E-state index in [9.17, 15) is 22.8 Å². The van der Waals surface area contributed by atoms with E-state index >= 15 is 0 Å². The zero-order valence-electron chi connectivity index (χ0n) is 16.1. The molecule has 30 heavy (non-hydrogen) atoms. The molecule has 1 fully saturated rings. The van der Waals surface area contributed by atoms with Gasteiger partial charge in [0.15, 0.2) is 11.0 Å². The molecule has 1 aliphatic rings. The molecule has 2 aromatic rings. The molecule has 3 rings (SSSR count). The molecule has 1 aromatic heterocycles. The van der Waals surface area contributed by atoms with Gasteiger partial charge in [-0.2, -0.15) is 13.2 Å². The van der Waals surface area contributed by atoms with Crippen molar-refractivity contribution in [2.24, 2.45) is 0 Å². The summed E-state index contributed by atoms with van der Waals surface area (Å²) in [7, 11) is 0. The molecule has 6 nitrogen and oxygen atoms in total.